The van der Waals surface area contributed by atoms with Gasteiger partial charge in [-0.1, -0.05) is 35.0 Å². The third-order valence-corrected chi connectivity index (χ3v) is 3.09. The molecule has 98 valence electrons. The Balaban J connectivity index is 2.87. The zero-order valence-corrected chi connectivity index (χ0v) is 11.6. The number of para-hydroxylation sites is 1. The number of alkyl halides is 1. The minimum Gasteiger partial charge on any atom is -0.349 e. The van der Waals surface area contributed by atoms with E-state index >= 15 is 0 Å². The first-order valence-corrected chi connectivity index (χ1v) is 6.82. The third-order valence-electron chi connectivity index (χ3n) is 2.63. The molecule has 0 saturated heterocycles. The van der Waals surface area contributed by atoms with E-state index in [4.69, 9.17) is 0 Å². The van der Waals surface area contributed by atoms with Crippen molar-refractivity contribution in [2.45, 2.75) is 25.8 Å². The number of nitro benzene ring substituents is 1. The Kier molecular flexibility index (Phi) is 5.77. The number of hydrogen-bond donors (Lipinski definition) is 1. The van der Waals surface area contributed by atoms with Crippen molar-refractivity contribution in [3.05, 3.63) is 39.9 Å². The number of hydrogen-bond acceptors (Lipinski definition) is 3. The summed E-state index contributed by atoms with van der Waals surface area (Å²) >= 11 is 3.32. The molecule has 0 heterocycles. The summed E-state index contributed by atoms with van der Waals surface area (Å²) in [5.41, 5.74) is -0.0563. The number of carbonyl (C=O) groups is 1. The van der Waals surface area contributed by atoms with Crippen LogP contribution in [-0.4, -0.2) is 22.2 Å². The number of nitrogens with one attached hydrogen (secondary N) is 1. The van der Waals surface area contributed by atoms with E-state index in [1.807, 2.05) is 6.92 Å². The van der Waals surface area contributed by atoms with E-state index in [1.165, 1.54) is 12.1 Å². The van der Waals surface area contributed by atoms with Gasteiger partial charge in [-0.05, 0) is 18.9 Å². The maximum Gasteiger partial charge on any atom is 0.282 e. The second kappa shape index (κ2) is 7.10. The quantitative estimate of drug-likeness (QED) is 0.498. The van der Waals surface area contributed by atoms with Gasteiger partial charge < -0.3 is 5.32 Å². The molecule has 1 aromatic carbocycles. The summed E-state index contributed by atoms with van der Waals surface area (Å²) in [5.74, 6) is -0.393. The fraction of sp³-hybridized carbons (Fsp3) is 0.417. The van der Waals surface area contributed by atoms with Gasteiger partial charge in [-0.2, -0.15) is 0 Å². The second-order valence-electron chi connectivity index (χ2n) is 3.83. The van der Waals surface area contributed by atoms with Crippen LogP contribution in [0.4, 0.5) is 5.69 Å². The fourth-order valence-corrected chi connectivity index (χ4v) is 2.15. The second-order valence-corrected chi connectivity index (χ2v) is 4.62. The van der Waals surface area contributed by atoms with Crippen molar-refractivity contribution in [3.63, 3.8) is 0 Å². The number of nitro groups is 1. The molecule has 0 bridgehead atoms. The molecule has 1 rings (SSSR count). The number of carbonyl (C=O) groups excluding carboxylic acids is 1. The summed E-state index contributed by atoms with van der Waals surface area (Å²) in [7, 11) is 0. The van der Waals surface area contributed by atoms with Crippen LogP contribution in [0, 0.1) is 10.1 Å². The first-order valence-electron chi connectivity index (χ1n) is 5.70. The van der Waals surface area contributed by atoms with E-state index in [1.54, 1.807) is 12.1 Å². The molecular weight excluding hydrogens is 300 g/mol. The molecule has 0 aromatic heterocycles. The molecule has 0 fully saturated rings. The molecule has 0 aliphatic rings. The first kappa shape index (κ1) is 14.6. The van der Waals surface area contributed by atoms with E-state index in [9.17, 15) is 14.9 Å². The maximum absolute atomic E-state index is 12.0. The highest BCUT2D eigenvalue weighted by molar-refractivity contribution is 9.09. The van der Waals surface area contributed by atoms with Crippen molar-refractivity contribution in [3.8, 4) is 0 Å². The maximum atomic E-state index is 12.0. The first-order chi connectivity index (χ1) is 8.60. The third kappa shape index (κ3) is 3.80. The Hall–Kier alpha value is -1.43. The predicted molar refractivity (Wildman–Crippen MR) is 73.1 cm³/mol. The van der Waals surface area contributed by atoms with Gasteiger partial charge in [0.1, 0.15) is 5.56 Å². The fourth-order valence-electron chi connectivity index (χ4n) is 1.60. The summed E-state index contributed by atoms with van der Waals surface area (Å²) in [6.07, 6.45) is 1.58. The van der Waals surface area contributed by atoms with Crippen LogP contribution in [0.25, 0.3) is 0 Å². The normalized spacial score (nSPS) is 11.9. The van der Waals surface area contributed by atoms with Gasteiger partial charge in [-0.3, -0.25) is 14.9 Å². The summed E-state index contributed by atoms with van der Waals surface area (Å²) in [6, 6.07) is 5.99. The molecule has 0 saturated carbocycles. The van der Waals surface area contributed by atoms with Crippen LogP contribution in [0.3, 0.4) is 0 Å². The van der Waals surface area contributed by atoms with Crippen LogP contribution in [0.5, 0.6) is 0 Å². The highest BCUT2D eigenvalue weighted by atomic mass is 79.9. The van der Waals surface area contributed by atoms with Crippen molar-refractivity contribution in [2.24, 2.45) is 0 Å². The van der Waals surface area contributed by atoms with Gasteiger partial charge in [0.15, 0.2) is 0 Å². The lowest BCUT2D eigenvalue weighted by Gasteiger charge is -2.15. The number of halogens is 1. The molecule has 1 N–H and O–H groups in total. The van der Waals surface area contributed by atoms with Gasteiger partial charge in [-0.25, -0.2) is 0 Å². The van der Waals surface area contributed by atoms with Crippen LogP contribution in [0.2, 0.25) is 0 Å². The molecule has 5 nitrogen and oxygen atoms in total. The zero-order valence-electron chi connectivity index (χ0n) is 10.1. The van der Waals surface area contributed by atoms with Crippen molar-refractivity contribution >= 4 is 27.5 Å². The molecular formula is C12H15BrN2O3. The Morgan fingerprint density at radius 2 is 2.17 bits per heavy atom. The average molecular weight is 315 g/mol. The number of benzene rings is 1. The summed E-state index contributed by atoms with van der Waals surface area (Å²) in [6.45, 7) is 1.97. The molecule has 1 amide bonds. The monoisotopic (exact) mass is 314 g/mol. The topological polar surface area (TPSA) is 72.2 Å². The minimum absolute atomic E-state index is 0.0247. The summed E-state index contributed by atoms with van der Waals surface area (Å²) in [4.78, 5) is 22.3. The van der Waals surface area contributed by atoms with E-state index in [0.717, 1.165) is 18.2 Å². The number of amides is 1. The van der Waals surface area contributed by atoms with Gasteiger partial charge in [-0.15, -0.1) is 0 Å². The lowest BCUT2D eigenvalue weighted by Crippen LogP contribution is -2.35. The van der Waals surface area contributed by atoms with Gasteiger partial charge >= 0.3 is 0 Å². The van der Waals surface area contributed by atoms with Crippen LogP contribution in [-0.2, 0) is 0 Å². The van der Waals surface area contributed by atoms with Crippen molar-refractivity contribution in [2.75, 3.05) is 5.33 Å². The van der Waals surface area contributed by atoms with Crippen LogP contribution in [0.1, 0.15) is 30.1 Å². The molecule has 1 atom stereocenters. The molecule has 1 unspecified atom stereocenters. The van der Waals surface area contributed by atoms with E-state index in [0.29, 0.717) is 0 Å². The lowest BCUT2D eigenvalue weighted by atomic mass is 10.1. The molecule has 0 aliphatic carbocycles. The van der Waals surface area contributed by atoms with Gasteiger partial charge in [0.05, 0.1) is 4.92 Å². The Labute approximate surface area is 114 Å². The molecule has 18 heavy (non-hydrogen) atoms. The van der Waals surface area contributed by atoms with Crippen molar-refractivity contribution in [1.29, 1.82) is 0 Å². The van der Waals surface area contributed by atoms with Gasteiger partial charge in [0, 0.05) is 17.4 Å². The molecule has 0 spiro atoms. The SMILES string of the molecule is CCC(CCBr)NC(=O)c1ccccc1[N+](=O)[O-]. The van der Waals surface area contributed by atoms with E-state index in [2.05, 4.69) is 21.2 Å². The van der Waals surface area contributed by atoms with Crippen LogP contribution in [0.15, 0.2) is 24.3 Å². The summed E-state index contributed by atoms with van der Waals surface area (Å²) in [5, 5.41) is 14.4. The Morgan fingerprint density at radius 1 is 1.50 bits per heavy atom. The van der Waals surface area contributed by atoms with Crippen LogP contribution < -0.4 is 5.32 Å². The van der Waals surface area contributed by atoms with Crippen molar-refractivity contribution < 1.29 is 9.72 Å². The van der Waals surface area contributed by atoms with Gasteiger partial charge in [0.2, 0.25) is 0 Å². The molecule has 1 aromatic rings. The Morgan fingerprint density at radius 3 is 2.72 bits per heavy atom. The number of rotatable bonds is 6. The van der Waals surface area contributed by atoms with E-state index in [-0.39, 0.29) is 17.3 Å². The highest BCUT2D eigenvalue weighted by Crippen LogP contribution is 2.17. The smallest absolute Gasteiger partial charge is 0.282 e. The summed E-state index contributed by atoms with van der Waals surface area (Å²) < 4.78 is 0. The number of nitrogens with zero attached hydrogens (tertiary/aromatic N) is 1. The van der Waals surface area contributed by atoms with E-state index < -0.39 is 10.8 Å². The Bertz CT molecular complexity index is 437. The predicted octanol–water partition coefficient (Wildman–Crippen LogP) is 2.89. The minimum atomic E-state index is -0.541. The molecule has 0 aliphatic heterocycles. The highest BCUT2D eigenvalue weighted by Gasteiger charge is 2.20. The standard InChI is InChI=1S/C12H15BrN2O3/c1-2-9(7-8-13)14-12(16)10-5-3-4-6-11(10)15(17)18/h3-6,9H,2,7-8H2,1H3,(H,14,16). The zero-order chi connectivity index (χ0) is 13.5. The average Bonchev–Trinajstić information content (AvgIpc) is 2.38. The molecule has 6 heteroatoms. The largest absolute Gasteiger partial charge is 0.349 e. The van der Waals surface area contributed by atoms with Crippen molar-refractivity contribution in [1.82, 2.24) is 5.32 Å². The molecule has 0 radical (unpaired) electrons. The lowest BCUT2D eigenvalue weighted by molar-refractivity contribution is -0.385. The van der Waals surface area contributed by atoms with Gasteiger partial charge in [0.25, 0.3) is 11.6 Å². The van der Waals surface area contributed by atoms with Crippen LogP contribution >= 0.6 is 15.9 Å².